The lowest BCUT2D eigenvalue weighted by atomic mass is 10.1. The highest BCUT2D eigenvalue weighted by atomic mass is 79.9. The van der Waals surface area contributed by atoms with E-state index >= 15 is 0 Å². The lowest BCUT2D eigenvalue weighted by Crippen LogP contribution is -2.12. The molecule has 7 heteroatoms. The van der Waals surface area contributed by atoms with Gasteiger partial charge in [-0.05, 0) is 53.2 Å². The SMILES string of the molecule is CCOc1cc(C(=O)Nc2ccc(Cl)c(Cl)c2)cc(Br)c1OC. The van der Waals surface area contributed by atoms with Gasteiger partial charge < -0.3 is 14.8 Å². The molecule has 23 heavy (non-hydrogen) atoms. The Labute approximate surface area is 152 Å². The van der Waals surface area contributed by atoms with E-state index in [2.05, 4.69) is 21.2 Å². The van der Waals surface area contributed by atoms with E-state index in [1.54, 1.807) is 30.3 Å². The van der Waals surface area contributed by atoms with Crippen LogP contribution >= 0.6 is 39.1 Å². The lowest BCUT2D eigenvalue weighted by Gasteiger charge is -2.13. The zero-order valence-corrected chi connectivity index (χ0v) is 15.6. The summed E-state index contributed by atoms with van der Waals surface area (Å²) in [4.78, 5) is 12.4. The van der Waals surface area contributed by atoms with E-state index < -0.39 is 0 Å². The van der Waals surface area contributed by atoms with Crippen molar-refractivity contribution in [3.8, 4) is 11.5 Å². The molecule has 0 bridgehead atoms. The fraction of sp³-hybridized carbons (Fsp3) is 0.188. The Bertz CT molecular complexity index is 738. The number of hydrogen-bond donors (Lipinski definition) is 1. The molecule has 0 radical (unpaired) electrons. The van der Waals surface area contributed by atoms with E-state index in [0.717, 1.165) is 0 Å². The normalized spacial score (nSPS) is 10.3. The molecule has 0 heterocycles. The fourth-order valence-corrected chi connectivity index (χ4v) is 2.84. The van der Waals surface area contributed by atoms with Crippen molar-refractivity contribution in [1.82, 2.24) is 0 Å². The van der Waals surface area contributed by atoms with Crippen LogP contribution in [-0.2, 0) is 0 Å². The van der Waals surface area contributed by atoms with Gasteiger partial charge in [-0.1, -0.05) is 23.2 Å². The fourth-order valence-electron chi connectivity index (χ4n) is 1.94. The van der Waals surface area contributed by atoms with Crippen molar-refractivity contribution in [3.63, 3.8) is 0 Å². The highest BCUT2D eigenvalue weighted by Crippen LogP contribution is 2.36. The molecular formula is C16H14BrCl2NO3. The molecule has 122 valence electrons. The molecule has 2 rings (SSSR count). The monoisotopic (exact) mass is 417 g/mol. The van der Waals surface area contributed by atoms with Gasteiger partial charge in [0, 0.05) is 11.3 Å². The van der Waals surface area contributed by atoms with Gasteiger partial charge in [0.15, 0.2) is 11.5 Å². The largest absolute Gasteiger partial charge is 0.492 e. The van der Waals surface area contributed by atoms with Crippen LogP contribution < -0.4 is 14.8 Å². The molecule has 4 nitrogen and oxygen atoms in total. The van der Waals surface area contributed by atoms with Crippen LogP contribution in [0.5, 0.6) is 11.5 Å². The molecule has 0 unspecified atom stereocenters. The van der Waals surface area contributed by atoms with E-state index in [-0.39, 0.29) is 5.91 Å². The predicted molar refractivity (Wildman–Crippen MR) is 96.3 cm³/mol. The lowest BCUT2D eigenvalue weighted by molar-refractivity contribution is 0.102. The number of halogens is 3. The number of benzene rings is 2. The minimum Gasteiger partial charge on any atom is -0.492 e. The number of anilines is 1. The van der Waals surface area contributed by atoms with Gasteiger partial charge in [-0.25, -0.2) is 0 Å². The van der Waals surface area contributed by atoms with Crippen molar-refractivity contribution >= 4 is 50.7 Å². The van der Waals surface area contributed by atoms with Crippen molar-refractivity contribution in [1.29, 1.82) is 0 Å². The maximum absolute atomic E-state index is 12.4. The Morgan fingerprint density at radius 2 is 1.96 bits per heavy atom. The number of nitrogens with one attached hydrogen (secondary N) is 1. The number of methoxy groups -OCH3 is 1. The first-order valence-electron chi connectivity index (χ1n) is 6.73. The maximum atomic E-state index is 12.4. The number of ether oxygens (including phenoxy) is 2. The molecular weight excluding hydrogens is 405 g/mol. The van der Waals surface area contributed by atoms with Crippen molar-refractivity contribution in [2.45, 2.75) is 6.92 Å². The first-order chi connectivity index (χ1) is 11.0. The van der Waals surface area contributed by atoms with Crippen molar-refractivity contribution < 1.29 is 14.3 Å². The minimum atomic E-state index is -0.298. The maximum Gasteiger partial charge on any atom is 0.255 e. The van der Waals surface area contributed by atoms with Crippen LogP contribution in [0.3, 0.4) is 0 Å². The molecule has 0 spiro atoms. The summed E-state index contributed by atoms with van der Waals surface area (Å²) >= 11 is 15.2. The summed E-state index contributed by atoms with van der Waals surface area (Å²) in [5, 5.41) is 3.56. The summed E-state index contributed by atoms with van der Waals surface area (Å²) in [6, 6.07) is 8.17. The first kappa shape index (κ1) is 17.9. The third-order valence-electron chi connectivity index (χ3n) is 2.95. The molecule has 0 saturated carbocycles. The van der Waals surface area contributed by atoms with Crippen LogP contribution in [0.2, 0.25) is 10.0 Å². The molecule has 2 aromatic carbocycles. The summed E-state index contributed by atoms with van der Waals surface area (Å²) in [7, 11) is 1.54. The van der Waals surface area contributed by atoms with Crippen LogP contribution in [0.1, 0.15) is 17.3 Å². The van der Waals surface area contributed by atoms with Crippen molar-refractivity contribution in [2.24, 2.45) is 0 Å². The second kappa shape index (κ2) is 7.90. The number of carbonyl (C=O) groups is 1. The molecule has 0 aliphatic heterocycles. The highest BCUT2D eigenvalue weighted by molar-refractivity contribution is 9.10. The second-order valence-electron chi connectivity index (χ2n) is 4.51. The number of hydrogen-bond acceptors (Lipinski definition) is 3. The Morgan fingerprint density at radius 3 is 2.57 bits per heavy atom. The molecule has 0 atom stereocenters. The van der Waals surface area contributed by atoms with Gasteiger partial charge >= 0.3 is 0 Å². The molecule has 1 N–H and O–H groups in total. The summed E-state index contributed by atoms with van der Waals surface area (Å²) < 4.78 is 11.4. The quantitative estimate of drug-likeness (QED) is 0.705. The molecule has 0 saturated heterocycles. The number of carbonyl (C=O) groups excluding carboxylic acids is 1. The summed E-state index contributed by atoms with van der Waals surface area (Å²) in [6.45, 7) is 2.32. The Kier molecular flexibility index (Phi) is 6.16. The Morgan fingerprint density at radius 1 is 1.22 bits per heavy atom. The van der Waals surface area contributed by atoms with Gasteiger partial charge in [-0.3, -0.25) is 4.79 Å². The van der Waals surface area contributed by atoms with E-state index in [1.165, 1.54) is 7.11 Å². The average molecular weight is 419 g/mol. The van der Waals surface area contributed by atoms with E-state index in [1.807, 2.05) is 6.92 Å². The van der Waals surface area contributed by atoms with Gasteiger partial charge in [0.25, 0.3) is 5.91 Å². The second-order valence-corrected chi connectivity index (χ2v) is 6.17. The van der Waals surface area contributed by atoms with Crippen LogP contribution in [0.15, 0.2) is 34.8 Å². The minimum absolute atomic E-state index is 0.298. The summed E-state index contributed by atoms with van der Waals surface area (Å²) in [5.74, 6) is 0.731. The van der Waals surface area contributed by atoms with E-state index in [0.29, 0.717) is 43.9 Å². The molecule has 0 fully saturated rings. The van der Waals surface area contributed by atoms with Crippen molar-refractivity contribution in [2.75, 3.05) is 19.0 Å². The zero-order chi connectivity index (χ0) is 17.0. The highest BCUT2D eigenvalue weighted by Gasteiger charge is 2.15. The van der Waals surface area contributed by atoms with Crippen molar-refractivity contribution in [3.05, 3.63) is 50.4 Å². The topological polar surface area (TPSA) is 47.6 Å². The predicted octanol–water partition coefficient (Wildman–Crippen LogP) is 5.42. The zero-order valence-electron chi connectivity index (χ0n) is 12.5. The van der Waals surface area contributed by atoms with Gasteiger partial charge in [-0.2, -0.15) is 0 Å². The number of rotatable bonds is 5. The Balaban J connectivity index is 2.29. The van der Waals surface area contributed by atoms with E-state index in [9.17, 15) is 4.79 Å². The average Bonchev–Trinajstić information content (AvgIpc) is 2.51. The van der Waals surface area contributed by atoms with Crippen LogP contribution in [0, 0.1) is 0 Å². The smallest absolute Gasteiger partial charge is 0.255 e. The molecule has 0 aromatic heterocycles. The molecule has 2 aromatic rings. The summed E-state index contributed by atoms with van der Waals surface area (Å²) in [6.07, 6.45) is 0. The third kappa shape index (κ3) is 4.31. The first-order valence-corrected chi connectivity index (χ1v) is 8.28. The Hall–Kier alpha value is -1.43. The standard InChI is InChI=1S/C16H14BrCl2NO3/c1-3-23-14-7-9(6-11(17)15(14)22-2)16(21)20-10-4-5-12(18)13(19)8-10/h4-8H,3H2,1-2H3,(H,20,21). The van der Waals surface area contributed by atoms with Crippen LogP contribution in [-0.4, -0.2) is 19.6 Å². The summed E-state index contributed by atoms with van der Waals surface area (Å²) in [5.41, 5.74) is 0.974. The molecule has 0 aliphatic carbocycles. The van der Waals surface area contributed by atoms with Gasteiger partial charge in [0.2, 0.25) is 0 Å². The molecule has 0 aliphatic rings. The van der Waals surface area contributed by atoms with Gasteiger partial charge in [0.05, 0.1) is 28.2 Å². The van der Waals surface area contributed by atoms with Gasteiger partial charge in [0.1, 0.15) is 0 Å². The molecule has 1 amide bonds. The number of amides is 1. The van der Waals surface area contributed by atoms with Crippen LogP contribution in [0.25, 0.3) is 0 Å². The van der Waals surface area contributed by atoms with Gasteiger partial charge in [-0.15, -0.1) is 0 Å². The van der Waals surface area contributed by atoms with E-state index in [4.69, 9.17) is 32.7 Å². The third-order valence-corrected chi connectivity index (χ3v) is 4.28. The van der Waals surface area contributed by atoms with Crippen LogP contribution in [0.4, 0.5) is 5.69 Å².